The molecule has 1 aromatic rings. The van der Waals surface area contributed by atoms with E-state index in [1.165, 1.54) is 4.90 Å². The number of anilines is 1. The number of aromatic nitrogens is 2. The molecule has 7 nitrogen and oxygen atoms in total. The highest BCUT2D eigenvalue weighted by Gasteiger charge is 2.39. The molecule has 0 radical (unpaired) electrons. The monoisotopic (exact) mass is 366 g/mol. The first kappa shape index (κ1) is 13.5. The van der Waals surface area contributed by atoms with Crippen molar-refractivity contribution in [1.29, 1.82) is 0 Å². The largest absolute Gasteiger partial charge is 0.371 e. The molecule has 1 unspecified atom stereocenters. The van der Waals surface area contributed by atoms with Crippen molar-refractivity contribution in [2.45, 2.75) is 32.4 Å². The molecular weight excluding hydrogens is 351 g/mol. The van der Waals surface area contributed by atoms with Crippen molar-refractivity contribution in [3.05, 3.63) is 5.89 Å². The van der Waals surface area contributed by atoms with Gasteiger partial charge in [0.2, 0.25) is 5.89 Å². The number of nitrogens with zero attached hydrogens (tertiary/aromatic N) is 4. The van der Waals surface area contributed by atoms with Crippen LogP contribution in [0.5, 0.6) is 0 Å². The summed E-state index contributed by atoms with van der Waals surface area (Å²) < 4.78 is 5.63. The fourth-order valence-electron chi connectivity index (χ4n) is 1.57. The van der Waals surface area contributed by atoms with Crippen LogP contribution in [0.1, 0.15) is 26.7 Å². The van der Waals surface area contributed by atoms with Crippen molar-refractivity contribution in [2.24, 2.45) is 0 Å². The molecule has 2 rings (SSSR count). The molecular formula is C10H15IN4O3. The highest BCUT2D eigenvalue weighted by atomic mass is 127. The third kappa shape index (κ3) is 2.30. The Labute approximate surface area is 118 Å². The zero-order chi connectivity index (χ0) is 13.5. The maximum absolute atomic E-state index is 12.0. The summed E-state index contributed by atoms with van der Waals surface area (Å²) in [6.07, 6.45) is -0.933. The maximum Gasteiger partial charge on any atom is 0.329 e. The second kappa shape index (κ2) is 4.65. The molecule has 1 atom stereocenters. The van der Waals surface area contributed by atoms with E-state index in [2.05, 4.69) is 32.7 Å². The van der Waals surface area contributed by atoms with Crippen LogP contribution in [0.3, 0.4) is 0 Å². The number of halogens is 1. The van der Waals surface area contributed by atoms with E-state index in [9.17, 15) is 9.90 Å². The lowest BCUT2D eigenvalue weighted by Crippen LogP contribution is -2.35. The van der Waals surface area contributed by atoms with E-state index in [4.69, 9.17) is 4.52 Å². The number of rotatable bonds is 2. The van der Waals surface area contributed by atoms with Crippen molar-refractivity contribution in [2.75, 3.05) is 16.0 Å². The minimum absolute atomic E-state index is 0.116. The lowest BCUT2D eigenvalue weighted by Gasteiger charge is -2.14. The molecule has 1 saturated heterocycles. The molecule has 2 heterocycles. The molecule has 1 aliphatic heterocycles. The Hall–Kier alpha value is -0.900. The summed E-state index contributed by atoms with van der Waals surface area (Å²) in [7, 11) is 0. The van der Waals surface area contributed by atoms with Crippen LogP contribution in [0.25, 0.3) is 0 Å². The SMILES string of the molecule is CC(C)(C)c1nc(N2C(=O)N(CI)CC2O)no1. The van der Waals surface area contributed by atoms with Gasteiger partial charge in [0, 0.05) is 5.41 Å². The van der Waals surface area contributed by atoms with Crippen LogP contribution in [0, 0.1) is 0 Å². The highest BCUT2D eigenvalue weighted by molar-refractivity contribution is 14.1. The number of carbonyl (C=O) groups excluding carboxylic acids is 1. The molecule has 8 heteroatoms. The molecule has 0 aromatic carbocycles. The Morgan fingerprint density at radius 2 is 2.22 bits per heavy atom. The number of hydrogen-bond acceptors (Lipinski definition) is 5. The molecule has 1 fully saturated rings. The number of urea groups is 1. The molecule has 0 saturated carbocycles. The van der Waals surface area contributed by atoms with Gasteiger partial charge >= 0.3 is 6.03 Å². The molecule has 18 heavy (non-hydrogen) atoms. The van der Waals surface area contributed by atoms with Gasteiger partial charge in [-0.2, -0.15) is 4.98 Å². The van der Waals surface area contributed by atoms with E-state index >= 15 is 0 Å². The normalized spacial score (nSPS) is 20.9. The van der Waals surface area contributed by atoms with Gasteiger partial charge in [-0.25, -0.2) is 9.69 Å². The van der Waals surface area contributed by atoms with Crippen molar-refractivity contribution >= 4 is 34.6 Å². The maximum atomic E-state index is 12.0. The lowest BCUT2D eigenvalue weighted by molar-refractivity contribution is 0.181. The molecule has 100 valence electrons. The fourth-order valence-corrected chi connectivity index (χ4v) is 2.14. The molecule has 0 aliphatic carbocycles. The smallest absolute Gasteiger partial charge is 0.329 e. The second-order valence-electron chi connectivity index (χ2n) is 5.12. The van der Waals surface area contributed by atoms with Gasteiger partial charge in [-0.3, -0.25) is 0 Å². The number of aliphatic hydroxyl groups is 1. The van der Waals surface area contributed by atoms with Gasteiger partial charge in [-0.1, -0.05) is 43.4 Å². The van der Waals surface area contributed by atoms with Gasteiger partial charge in [-0.15, -0.1) is 0 Å². The van der Waals surface area contributed by atoms with Gasteiger partial charge in [-0.05, 0) is 5.16 Å². The van der Waals surface area contributed by atoms with E-state index in [1.54, 1.807) is 0 Å². The number of carbonyl (C=O) groups is 1. The van der Waals surface area contributed by atoms with Crippen LogP contribution >= 0.6 is 22.6 Å². The van der Waals surface area contributed by atoms with E-state index in [0.29, 0.717) is 10.4 Å². The van der Waals surface area contributed by atoms with Crippen molar-refractivity contribution in [3.63, 3.8) is 0 Å². The summed E-state index contributed by atoms with van der Waals surface area (Å²) in [4.78, 5) is 18.8. The van der Waals surface area contributed by atoms with Gasteiger partial charge in [0.15, 0.2) is 6.23 Å². The van der Waals surface area contributed by atoms with Crippen LogP contribution in [0.4, 0.5) is 10.7 Å². The first-order valence-corrected chi connectivity index (χ1v) is 7.03. The summed E-state index contributed by atoms with van der Waals surface area (Å²) in [6.45, 7) is 6.05. The van der Waals surface area contributed by atoms with Gasteiger partial charge < -0.3 is 14.5 Å². The summed E-state index contributed by atoms with van der Waals surface area (Å²) in [5.41, 5.74) is -0.290. The quantitative estimate of drug-likeness (QED) is 0.485. The predicted molar refractivity (Wildman–Crippen MR) is 72.5 cm³/mol. The van der Waals surface area contributed by atoms with E-state index in [-0.39, 0.29) is 23.9 Å². The average molecular weight is 366 g/mol. The standard InChI is InChI=1S/C10H15IN4O3/c1-10(2,3)7-12-8(13-18-7)15-6(16)4-14(5-11)9(15)17/h6,16H,4-5H2,1-3H3. The summed E-state index contributed by atoms with van der Waals surface area (Å²) in [6, 6.07) is -0.307. The summed E-state index contributed by atoms with van der Waals surface area (Å²) in [5, 5.41) is 13.6. The highest BCUT2D eigenvalue weighted by Crippen LogP contribution is 2.26. The average Bonchev–Trinajstić information content (AvgIpc) is 2.83. The number of hydrogen-bond donors (Lipinski definition) is 1. The zero-order valence-corrected chi connectivity index (χ0v) is 12.6. The van der Waals surface area contributed by atoms with Gasteiger partial charge in [0.05, 0.1) is 11.1 Å². The first-order valence-electron chi connectivity index (χ1n) is 5.51. The van der Waals surface area contributed by atoms with E-state index < -0.39 is 6.23 Å². The van der Waals surface area contributed by atoms with Crippen molar-refractivity contribution in [3.8, 4) is 0 Å². The van der Waals surface area contributed by atoms with E-state index in [0.717, 1.165) is 4.90 Å². The van der Waals surface area contributed by atoms with Crippen LogP contribution < -0.4 is 4.90 Å². The lowest BCUT2D eigenvalue weighted by atomic mass is 9.97. The third-order valence-corrected chi connectivity index (χ3v) is 3.40. The molecule has 2 amide bonds. The van der Waals surface area contributed by atoms with Gasteiger partial charge in [0.1, 0.15) is 0 Å². The van der Waals surface area contributed by atoms with Crippen molar-refractivity contribution in [1.82, 2.24) is 15.0 Å². The van der Waals surface area contributed by atoms with Crippen LogP contribution in [-0.4, -0.2) is 43.5 Å². The third-order valence-electron chi connectivity index (χ3n) is 2.57. The van der Waals surface area contributed by atoms with Crippen LogP contribution in [-0.2, 0) is 5.41 Å². The van der Waals surface area contributed by atoms with Crippen LogP contribution in [0.2, 0.25) is 0 Å². The first-order chi connectivity index (χ1) is 8.34. The Balaban J connectivity index is 2.27. The molecule has 0 bridgehead atoms. The summed E-state index contributed by atoms with van der Waals surface area (Å²) in [5.74, 6) is 0.551. The second-order valence-corrected chi connectivity index (χ2v) is 5.81. The van der Waals surface area contributed by atoms with Crippen LogP contribution in [0.15, 0.2) is 4.52 Å². The number of amides is 2. The Bertz CT molecular complexity index is 456. The number of β-amino-alcohol motifs (C(OH)–C–C–N with tert-alkyl or cyclic N) is 1. The summed E-state index contributed by atoms with van der Waals surface area (Å²) >= 11 is 2.07. The molecule has 1 aliphatic rings. The van der Waals surface area contributed by atoms with Crippen molar-refractivity contribution < 1.29 is 14.4 Å². The topological polar surface area (TPSA) is 82.7 Å². The molecule has 0 spiro atoms. The van der Waals surface area contributed by atoms with Gasteiger partial charge in [0.25, 0.3) is 5.95 Å². The molecule has 1 N–H and O–H groups in total. The zero-order valence-electron chi connectivity index (χ0n) is 10.4. The predicted octanol–water partition coefficient (Wildman–Crippen LogP) is 1.32. The Morgan fingerprint density at radius 1 is 1.56 bits per heavy atom. The Kier molecular flexibility index (Phi) is 3.49. The minimum atomic E-state index is -0.933. The Morgan fingerprint density at radius 3 is 2.67 bits per heavy atom. The van der Waals surface area contributed by atoms with E-state index in [1.807, 2.05) is 20.8 Å². The fraction of sp³-hybridized carbons (Fsp3) is 0.700. The number of alkyl halides is 1. The molecule has 1 aromatic heterocycles. The number of aliphatic hydroxyl groups excluding tert-OH is 1. The minimum Gasteiger partial charge on any atom is -0.371 e.